The highest BCUT2D eigenvalue weighted by Crippen LogP contribution is 2.38. The number of methoxy groups -OCH3 is 3. The molecular formula is C23H29NO4. The number of carbonyl (C=O) groups is 1. The summed E-state index contributed by atoms with van der Waals surface area (Å²) in [5.41, 5.74) is 2.25. The summed E-state index contributed by atoms with van der Waals surface area (Å²) in [5.74, 6) is 2.29. The molecule has 1 saturated carbocycles. The first-order chi connectivity index (χ1) is 13.6. The van der Waals surface area contributed by atoms with Crippen molar-refractivity contribution in [3.8, 4) is 17.2 Å². The number of hydrogen-bond donors (Lipinski definition) is 1. The van der Waals surface area contributed by atoms with Crippen LogP contribution in [0.5, 0.6) is 17.2 Å². The summed E-state index contributed by atoms with van der Waals surface area (Å²) in [6.45, 7) is 0. The monoisotopic (exact) mass is 383 g/mol. The molecule has 1 aliphatic carbocycles. The zero-order valence-corrected chi connectivity index (χ0v) is 16.9. The van der Waals surface area contributed by atoms with Gasteiger partial charge in [-0.05, 0) is 54.9 Å². The molecule has 5 heteroatoms. The van der Waals surface area contributed by atoms with Gasteiger partial charge in [0.15, 0.2) is 11.5 Å². The maximum atomic E-state index is 12.6. The molecule has 0 heterocycles. The van der Waals surface area contributed by atoms with Crippen LogP contribution in [0.1, 0.15) is 42.7 Å². The van der Waals surface area contributed by atoms with Crippen LogP contribution in [0.4, 0.5) is 0 Å². The first-order valence-electron chi connectivity index (χ1n) is 9.77. The number of carbonyl (C=O) groups excluding carboxylic acids is 1. The number of rotatable bonds is 7. The molecule has 0 bridgehead atoms. The molecule has 0 aliphatic heterocycles. The molecule has 1 aliphatic rings. The van der Waals surface area contributed by atoms with Gasteiger partial charge in [0.25, 0.3) is 0 Å². The van der Waals surface area contributed by atoms with Crippen molar-refractivity contribution in [2.24, 2.45) is 0 Å². The Labute approximate surface area is 167 Å². The Kier molecular flexibility index (Phi) is 6.80. The predicted molar refractivity (Wildman–Crippen MR) is 109 cm³/mol. The van der Waals surface area contributed by atoms with Crippen molar-refractivity contribution < 1.29 is 19.0 Å². The summed E-state index contributed by atoms with van der Waals surface area (Å²) in [6.07, 6.45) is 4.54. The number of benzene rings is 2. The van der Waals surface area contributed by atoms with Gasteiger partial charge in [-0.2, -0.15) is 0 Å². The minimum Gasteiger partial charge on any atom is -0.493 e. The third-order valence-electron chi connectivity index (χ3n) is 5.45. The fourth-order valence-electron chi connectivity index (χ4n) is 4.00. The molecule has 0 atom stereocenters. The van der Waals surface area contributed by atoms with Crippen LogP contribution in [0.15, 0.2) is 42.5 Å². The molecule has 3 rings (SSSR count). The van der Waals surface area contributed by atoms with Crippen molar-refractivity contribution in [3.05, 3.63) is 53.6 Å². The Morgan fingerprint density at radius 2 is 1.54 bits per heavy atom. The zero-order valence-electron chi connectivity index (χ0n) is 16.9. The van der Waals surface area contributed by atoms with E-state index < -0.39 is 0 Å². The van der Waals surface area contributed by atoms with E-state index in [0.717, 1.165) is 31.2 Å². The molecule has 28 heavy (non-hydrogen) atoms. The van der Waals surface area contributed by atoms with Crippen LogP contribution >= 0.6 is 0 Å². The van der Waals surface area contributed by atoms with E-state index >= 15 is 0 Å². The van der Waals surface area contributed by atoms with Gasteiger partial charge in [-0.3, -0.25) is 4.79 Å². The first-order valence-corrected chi connectivity index (χ1v) is 9.77. The van der Waals surface area contributed by atoms with Crippen molar-refractivity contribution >= 4 is 5.91 Å². The minimum absolute atomic E-state index is 0.0254. The van der Waals surface area contributed by atoms with Gasteiger partial charge in [0.1, 0.15) is 0 Å². The van der Waals surface area contributed by atoms with Crippen LogP contribution in [0.3, 0.4) is 0 Å². The number of amides is 1. The summed E-state index contributed by atoms with van der Waals surface area (Å²) >= 11 is 0. The maximum Gasteiger partial charge on any atom is 0.224 e. The van der Waals surface area contributed by atoms with Crippen molar-refractivity contribution in [2.45, 2.75) is 44.1 Å². The second kappa shape index (κ2) is 9.49. The summed E-state index contributed by atoms with van der Waals surface area (Å²) in [5, 5.41) is 3.19. The van der Waals surface area contributed by atoms with Gasteiger partial charge in [-0.15, -0.1) is 0 Å². The molecule has 0 unspecified atom stereocenters. The molecule has 2 aromatic carbocycles. The normalized spacial score (nSPS) is 19.0. The Bertz CT molecular complexity index is 757. The quantitative estimate of drug-likeness (QED) is 0.782. The predicted octanol–water partition coefficient (Wildman–Crippen LogP) is 4.10. The number of hydrogen-bond acceptors (Lipinski definition) is 4. The van der Waals surface area contributed by atoms with Crippen LogP contribution < -0.4 is 19.5 Å². The van der Waals surface area contributed by atoms with Crippen molar-refractivity contribution in [1.82, 2.24) is 5.32 Å². The van der Waals surface area contributed by atoms with Gasteiger partial charge in [0.05, 0.1) is 27.8 Å². The summed E-state index contributed by atoms with van der Waals surface area (Å²) in [4.78, 5) is 12.6. The maximum absolute atomic E-state index is 12.6. The molecule has 1 N–H and O–H groups in total. The van der Waals surface area contributed by atoms with Gasteiger partial charge in [-0.25, -0.2) is 0 Å². The first kappa shape index (κ1) is 20.1. The van der Waals surface area contributed by atoms with Crippen LogP contribution in [-0.2, 0) is 11.2 Å². The van der Waals surface area contributed by atoms with E-state index in [1.54, 1.807) is 21.3 Å². The van der Waals surface area contributed by atoms with Crippen molar-refractivity contribution in [1.29, 1.82) is 0 Å². The number of nitrogens with one attached hydrogen (secondary N) is 1. The average molecular weight is 383 g/mol. The van der Waals surface area contributed by atoms with E-state index in [-0.39, 0.29) is 18.4 Å². The Morgan fingerprint density at radius 3 is 2.07 bits per heavy atom. The summed E-state index contributed by atoms with van der Waals surface area (Å²) < 4.78 is 16.1. The van der Waals surface area contributed by atoms with Gasteiger partial charge in [0, 0.05) is 6.04 Å². The Balaban J connectivity index is 1.56. The molecule has 150 valence electrons. The second-order valence-corrected chi connectivity index (χ2v) is 7.24. The highest BCUT2D eigenvalue weighted by molar-refractivity contribution is 5.79. The smallest absolute Gasteiger partial charge is 0.224 e. The highest BCUT2D eigenvalue weighted by atomic mass is 16.5. The van der Waals surface area contributed by atoms with Crippen LogP contribution in [0.25, 0.3) is 0 Å². The van der Waals surface area contributed by atoms with E-state index in [1.807, 2.05) is 12.1 Å². The highest BCUT2D eigenvalue weighted by Gasteiger charge is 2.23. The molecule has 0 saturated heterocycles. The standard InChI is InChI=1S/C23H29NO4/c1-26-20-13-16(14-21(27-2)23(20)28-3)15-22(25)24-19-11-9-18(10-12-19)17-7-5-4-6-8-17/h4-8,13-14,18-19H,9-12,15H2,1-3H3,(H,24,25). The molecule has 5 nitrogen and oxygen atoms in total. The Morgan fingerprint density at radius 1 is 0.929 bits per heavy atom. The molecule has 0 radical (unpaired) electrons. The fourth-order valence-corrected chi connectivity index (χ4v) is 4.00. The third kappa shape index (κ3) is 4.77. The third-order valence-corrected chi connectivity index (χ3v) is 5.45. The topological polar surface area (TPSA) is 56.8 Å². The Hall–Kier alpha value is -2.69. The SMILES string of the molecule is COc1cc(CC(=O)NC2CCC(c3ccccc3)CC2)cc(OC)c1OC. The van der Waals surface area contributed by atoms with Crippen LogP contribution in [0.2, 0.25) is 0 Å². The average Bonchev–Trinajstić information content (AvgIpc) is 2.74. The van der Waals surface area contributed by atoms with Crippen molar-refractivity contribution in [3.63, 3.8) is 0 Å². The zero-order chi connectivity index (χ0) is 19.9. The minimum atomic E-state index is 0.0254. The van der Waals surface area contributed by atoms with E-state index in [1.165, 1.54) is 5.56 Å². The molecule has 0 aromatic heterocycles. The van der Waals surface area contributed by atoms with Gasteiger partial charge < -0.3 is 19.5 Å². The summed E-state index contributed by atoms with van der Waals surface area (Å²) in [7, 11) is 4.72. The van der Waals surface area contributed by atoms with Gasteiger partial charge in [-0.1, -0.05) is 30.3 Å². The summed E-state index contributed by atoms with van der Waals surface area (Å²) in [6, 6.07) is 14.6. The second-order valence-electron chi connectivity index (χ2n) is 7.24. The number of ether oxygens (including phenoxy) is 3. The molecular weight excluding hydrogens is 354 g/mol. The van der Waals surface area contributed by atoms with E-state index in [9.17, 15) is 4.79 Å². The van der Waals surface area contributed by atoms with E-state index in [4.69, 9.17) is 14.2 Å². The molecule has 1 fully saturated rings. The van der Waals surface area contributed by atoms with Crippen molar-refractivity contribution in [2.75, 3.05) is 21.3 Å². The van der Waals surface area contributed by atoms with E-state index in [0.29, 0.717) is 23.2 Å². The van der Waals surface area contributed by atoms with Crippen LogP contribution in [-0.4, -0.2) is 33.3 Å². The fraction of sp³-hybridized carbons (Fsp3) is 0.435. The van der Waals surface area contributed by atoms with E-state index in [2.05, 4.69) is 35.6 Å². The lowest BCUT2D eigenvalue weighted by Crippen LogP contribution is -2.38. The van der Waals surface area contributed by atoms with Gasteiger partial charge in [0.2, 0.25) is 11.7 Å². The molecule has 2 aromatic rings. The lowest BCUT2D eigenvalue weighted by Gasteiger charge is -2.29. The molecule has 1 amide bonds. The molecule has 0 spiro atoms. The lowest BCUT2D eigenvalue weighted by molar-refractivity contribution is -0.121. The lowest BCUT2D eigenvalue weighted by atomic mass is 9.82. The van der Waals surface area contributed by atoms with Crippen LogP contribution in [0, 0.1) is 0 Å². The largest absolute Gasteiger partial charge is 0.493 e. The van der Waals surface area contributed by atoms with Gasteiger partial charge >= 0.3 is 0 Å².